The molecule has 3 aromatic rings. The van der Waals surface area contributed by atoms with Gasteiger partial charge in [0.2, 0.25) is 11.7 Å². The normalized spacial score (nSPS) is 16.5. The van der Waals surface area contributed by atoms with Crippen LogP contribution in [0.25, 0.3) is 10.8 Å². The van der Waals surface area contributed by atoms with Crippen LogP contribution >= 0.6 is 0 Å². The van der Waals surface area contributed by atoms with Crippen LogP contribution in [0.2, 0.25) is 0 Å². The van der Waals surface area contributed by atoms with Crippen LogP contribution in [0, 0.1) is 0 Å². The number of methoxy groups -OCH3 is 4. The number of amides is 1. The van der Waals surface area contributed by atoms with Crippen molar-refractivity contribution in [3.8, 4) is 17.2 Å². The Hall–Kier alpha value is -3.74. The highest BCUT2D eigenvalue weighted by atomic mass is 16.5. The monoisotopic (exact) mass is 449 g/mol. The average molecular weight is 450 g/mol. The summed E-state index contributed by atoms with van der Waals surface area (Å²) in [5, 5.41) is 2.02. The molecule has 0 saturated carbocycles. The Morgan fingerprint density at radius 1 is 0.939 bits per heavy atom. The van der Waals surface area contributed by atoms with E-state index in [0.717, 1.165) is 21.9 Å². The third-order valence-corrected chi connectivity index (χ3v) is 6.13. The molecule has 0 spiro atoms. The Morgan fingerprint density at radius 2 is 1.61 bits per heavy atom. The largest absolute Gasteiger partial charge is 0.493 e. The molecule has 1 amide bonds. The predicted octanol–water partition coefficient (Wildman–Crippen LogP) is 4.12. The zero-order valence-electron chi connectivity index (χ0n) is 19.2. The molecular formula is C26H27NO6. The van der Waals surface area contributed by atoms with Gasteiger partial charge in [0.15, 0.2) is 11.5 Å². The van der Waals surface area contributed by atoms with Gasteiger partial charge in [0, 0.05) is 6.42 Å². The van der Waals surface area contributed by atoms with Gasteiger partial charge in [-0.3, -0.25) is 4.79 Å². The SMILES string of the molecule is COC(=O)[C@H]1CCC(=O)N1[C@@H](c1cc(OC)c(OC)c(OC)c1)c1cccc2ccccc12. The lowest BCUT2D eigenvalue weighted by Gasteiger charge is -2.34. The summed E-state index contributed by atoms with van der Waals surface area (Å²) in [5.74, 6) is 0.852. The summed E-state index contributed by atoms with van der Waals surface area (Å²) in [6.45, 7) is 0. The van der Waals surface area contributed by atoms with E-state index in [1.54, 1.807) is 26.2 Å². The van der Waals surface area contributed by atoms with Gasteiger partial charge < -0.3 is 23.8 Å². The molecular weight excluding hydrogens is 422 g/mol. The van der Waals surface area contributed by atoms with Crippen LogP contribution in [0.1, 0.15) is 30.0 Å². The summed E-state index contributed by atoms with van der Waals surface area (Å²) in [4.78, 5) is 27.5. The molecule has 0 aliphatic carbocycles. The van der Waals surface area contributed by atoms with Gasteiger partial charge >= 0.3 is 5.97 Å². The van der Waals surface area contributed by atoms with E-state index in [2.05, 4.69) is 0 Å². The van der Waals surface area contributed by atoms with Crippen LogP contribution in [0.5, 0.6) is 17.2 Å². The minimum Gasteiger partial charge on any atom is -0.493 e. The van der Waals surface area contributed by atoms with Gasteiger partial charge in [-0.15, -0.1) is 0 Å². The molecule has 2 atom stereocenters. The smallest absolute Gasteiger partial charge is 0.328 e. The van der Waals surface area contributed by atoms with Gasteiger partial charge in [0.1, 0.15) is 6.04 Å². The molecule has 3 aromatic carbocycles. The third kappa shape index (κ3) is 3.95. The summed E-state index contributed by atoms with van der Waals surface area (Å²) in [6, 6.07) is 16.3. The van der Waals surface area contributed by atoms with E-state index in [9.17, 15) is 9.59 Å². The van der Waals surface area contributed by atoms with Crippen molar-refractivity contribution in [2.45, 2.75) is 24.9 Å². The summed E-state index contributed by atoms with van der Waals surface area (Å²) < 4.78 is 21.7. The number of carbonyl (C=O) groups excluding carboxylic acids is 2. The molecule has 1 aliphatic heterocycles. The Morgan fingerprint density at radius 3 is 2.24 bits per heavy atom. The Bertz CT molecular complexity index is 1160. The highest BCUT2D eigenvalue weighted by Gasteiger charge is 2.43. The van der Waals surface area contributed by atoms with Crippen molar-refractivity contribution < 1.29 is 28.5 Å². The highest BCUT2D eigenvalue weighted by Crippen LogP contribution is 2.45. The first-order valence-electron chi connectivity index (χ1n) is 10.7. The molecule has 0 unspecified atom stereocenters. The molecule has 7 nitrogen and oxygen atoms in total. The van der Waals surface area contributed by atoms with E-state index in [0.29, 0.717) is 23.7 Å². The van der Waals surface area contributed by atoms with Crippen LogP contribution in [0.3, 0.4) is 0 Å². The van der Waals surface area contributed by atoms with Crippen LogP contribution in [-0.2, 0) is 14.3 Å². The lowest BCUT2D eigenvalue weighted by Crippen LogP contribution is -2.42. The topological polar surface area (TPSA) is 74.3 Å². The molecule has 0 bridgehead atoms. The number of rotatable bonds is 7. The fourth-order valence-electron chi connectivity index (χ4n) is 4.63. The Balaban J connectivity index is 2.00. The number of hydrogen-bond acceptors (Lipinski definition) is 6. The Kier molecular flexibility index (Phi) is 6.40. The van der Waals surface area contributed by atoms with Gasteiger partial charge in [-0.25, -0.2) is 4.79 Å². The maximum absolute atomic E-state index is 13.2. The van der Waals surface area contributed by atoms with Crippen molar-refractivity contribution in [3.63, 3.8) is 0 Å². The van der Waals surface area contributed by atoms with E-state index in [-0.39, 0.29) is 12.3 Å². The van der Waals surface area contributed by atoms with Crippen molar-refractivity contribution in [2.75, 3.05) is 28.4 Å². The standard InChI is InChI=1S/C26H27NO6/c1-30-21-14-17(15-22(31-2)25(21)32-3)24(27-20(26(29)33-4)12-13-23(27)28)19-11-7-9-16-8-5-6-10-18(16)19/h5-11,14-15,20,24H,12-13H2,1-4H3/t20-,24+/m1/s1. The highest BCUT2D eigenvalue weighted by molar-refractivity contribution is 5.91. The third-order valence-electron chi connectivity index (χ3n) is 6.13. The molecule has 1 fully saturated rings. The number of benzene rings is 3. The summed E-state index contributed by atoms with van der Waals surface area (Å²) in [6.07, 6.45) is 0.669. The fraction of sp³-hybridized carbons (Fsp3) is 0.308. The molecule has 0 aromatic heterocycles. The van der Waals surface area contributed by atoms with E-state index < -0.39 is 18.1 Å². The number of likely N-dealkylation sites (tertiary alicyclic amines) is 1. The first-order valence-corrected chi connectivity index (χ1v) is 10.7. The van der Waals surface area contributed by atoms with Gasteiger partial charge in [-0.05, 0) is 40.5 Å². The van der Waals surface area contributed by atoms with E-state index in [1.165, 1.54) is 7.11 Å². The van der Waals surface area contributed by atoms with Crippen molar-refractivity contribution in [3.05, 3.63) is 65.7 Å². The minimum absolute atomic E-state index is 0.114. The number of nitrogens with zero attached hydrogens (tertiary/aromatic N) is 1. The first kappa shape index (κ1) is 22.5. The van der Waals surface area contributed by atoms with Crippen molar-refractivity contribution in [1.29, 1.82) is 0 Å². The van der Waals surface area contributed by atoms with Crippen molar-refractivity contribution >= 4 is 22.6 Å². The van der Waals surface area contributed by atoms with Crippen LogP contribution in [0.15, 0.2) is 54.6 Å². The van der Waals surface area contributed by atoms with Gasteiger partial charge in [-0.1, -0.05) is 42.5 Å². The summed E-state index contributed by atoms with van der Waals surface area (Å²) in [5.41, 5.74) is 1.64. The van der Waals surface area contributed by atoms with E-state index in [4.69, 9.17) is 18.9 Å². The summed E-state index contributed by atoms with van der Waals surface area (Å²) >= 11 is 0. The van der Waals surface area contributed by atoms with Gasteiger partial charge in [-0.2, -0.15) is 0 Å². The maximum Gasteiger partial charge on any atom is 0.328 e. The predicted molar refractivity (Wildman–Crippen MR) is 124 cm³/mol. The quantitative estimate of drug-likeness (QED) is 0.505. The average Bonchev–Trinajstić information content (AvgIpc) is 3.24. The maximum atomic E-state index is 13.2. The molecule has 0 N–H and O–H groups in total. The van der Waals surface area contributed by atoms with Crippen molar-refractivity contribution in [2.24, 2.45) is 0 Å². The minimum atomic E-state index is -0.689. The van der Waals surface area contributed by atoms with Gasteiger partial charge in [0.25, 0.3) is 0 Å². The molecule has 1 saturated heterocycles. The summed E-state index contributed by atoms with van der Waals surface area (Å²) in [7, 11) is 5.98. The van der Waals surface area contributed by atoms with Crippen LogP contribution in [-0.4, -0.2) is 51.3 Å². The van der Waals surface area contributed by atoms with Crippen molar-refractivity contribution in [1.82, 2.24) is 4.90 Å². The second-order valence-electron chi connectivity index (χ2n) is 7.81. The fourth-order valence-corrected chi connectivity index (χ4v) is 4.63. The van der Waals surface area contributed by atoms with E-state index in [1.807, 2.05) is 54.6 Å². The lowest BCUT2D eigenvalue weighted by atomic mass is 9.91. The molecule has 0 radical (unpaired) electrons. The molecule has 33 heavy (non-hydrogen) atoms. The molecule has 7 heteroatoms. The number of hydrogen-bond donors (Lipinski definition) is 0. The number of ether oxygens (including phenoxy) is 4. The second-order valence-corrected chi connectivity index (χ2v) is 7.81. The van der Waals surface area contributed by atoms with Crippen LogP contribution in [0.4, 0.5) is 0 Å². The van der Waals surface area contributed by atoms with E-state index >= 15 is 0 Å². The number of carbonyl (C=O) groups is 2. The number of fused-ring (bicyclic) bond motifs is 1. The Labute approximate surface area is 192 Å². The zero-order chi connectivity index (χ0) is 23.5. The van der Waals surface area contributed by atoms with Gasteiger partial charge in [0.05, 0.1) is 34.5 Å². The zero-order valence-corrected chi connectivity index (χ0v) is 19.2. The van der Waals surface area contributed by atoms with Crippen LogP contribution < -0.4 is 14.2 Å². The molecule has 1 aliphatic rings. The molecule has 172 valence electrons. The second kappa shape index (κ2) is 9.40. The molecule has 1 heterocycles. The first-order chi connectivity index (χ1) is 16.0. The number of esters is 1. The lowest BCUT2D eigenvalue weighted by molar-refractivity contribution is -0.150. The molecule has 4 rings (SSSR count).